The third kappa shape index (κ3) is 5.39. The van der Waals surface area contributed by atoms with Crippen LogP contribution in [0.5, 0.6) is 0 Å². The van der Waals surface area contributed by atoms with E-state index in [4.69, 9.17) is 14.5 Å². The van der Waals surface area contributed by atoms with Crippen LogP contribution in [0.4, 0.5) is 0 Å². The summed E-state index contributed by atoms with van der Waals surface area (Å²) in [4.78, 5) is 4.88. The number of hydrogen-bond acceptors (Lipinski definition) is 3. The Morgan fingerprint density at radius 1 is 1.25 bits per heavy atom. The summed E-state index contributed by atoms with van der Waals surface area (Å²) in [6.45, 7) is 7.20. The third-order valence-corrected chi connectivity index (χ3v) is 6.15. The largest absolute Gasteiger partial charge is 0.379 e. The molecule has 2 N–H and O–H groups in total. The quantitative estimate of drug-likeness (QED) is 0.250. The number of aliphatic imine (C=N–C) groups is 1. The maximum atomic E-state index is 5.83. The van der Waals surface area contributed by atoms with Gasteiger partial charge in [0.1, 0.15) is 0 Å². The van der Waals surface area contributed by atoms with Crippen LogP contribution in [0.25, 0.3) is 0 Å². The molecule has 1 aromatic carbocycles. The van der Waals surface area contributed by atoms with Crippen molar-refractivity contribution >= 4 is 29.9 Å². The van der Waals surface area contributed by atoms with Crippen LogP contribution >= 0.6 is 24.0 Å². The molecule has 4 rings (SSSR count). The van der Waals surface area contributed by atoms with Crippen molar-refractivity contribution < 1.29 is 9.47 Å². The Kier molecular flexibility index (Phi) is 8.41. The van der Waals surface area contributed by atoms with E-state index in [9.17, 15) is 0 Å². The van der Waals surface area contributed by atoms with Gasteiger partial charge < -0.3 is 20.1 Å². The highest BCUT2D eigenvalue weighted by Crippen LogP contribution is 2.59. The minimum Gasteiger partial charge on any atom is -0.379 e. The second-order valence-corrected chi connectivity index (χ2v) is 7.95. The first-order valence-corrected chi connectivity index (χ1v) is 10.7. The van der Waals surface area contributed by atoms with Crippen LogP contribution in [0.3, 0.4) is 0 Å². The zero-order valence-electron chi connectivity index (χ0n) is 16.9. The SMILES string of the molecule is CCNC(=NCC1C2CCc3ccccc3C21)NCCCOC1CCOC1.I. The number of halogens is 1. The Hall–Kier alpha value is -0.860. The van der Waals surface area contributed by atoms with Crippen LogP contribution in [0.1, 0.15) is 43.2 Å². The van der Waals surface area contributed by atoms with Crippen LogP contribution in [-0.4, -0.2) is 51.5 Å². The molecule has 3 aliphatic rings. The molecule has 1 aromatic rings. The number of nitrogens with one attached hydrogen (secondary N) is 2. The molecule has 5 nitrogen and oxygen atoms in total. The summed E-state index contributed by atoms with van der Waals surface area (Å²) in [5, 5.41) is 6.83. The molecule has 1 aliphatic heterocycles. The van der Waals surface area contributed by atoms with E-state index < -0.39 is 0 Å². The average Bonchev–Trinajstić information content (AvgIpc) is 3.16. The van der Waals surface area contributed by atoms with Crippen molar-refractivity contribution in [1.29, 1.82) is 0 Å². The number of rotatable bonds is 8. The van der Waals surface area contributed by atoms with Gasteiger partial charge in [0, 0.05) is 32.8 Å². The number of guanidine groups is 1. The fourth-order valence-corrected chi connectivity index (χ4v) is 4.67. The molecule has 0 bridgehead atoms. The summed E-state index contributed by atoms with van der Waals surface area (Å²) in [5.74, 6) is 3.24. The Morgan fingerprint density at radius 2 is 2.14 bits per heavy atom. The number of hydrogen-bond donors (Lipinski definition) is 2. The van der Waals surface area contributed by atoms with Gasteiger partial charge in [-0.15, -0.1) is 24.0 Å². The van der Waals surface area contributed by atoms with Gasteiger partial charge in [0.25, 0.3) is 0 Å². The van der Waals surface area contributed by atoms with Crippen molar-refractivity contribution in [2.24, 2.45) is 16.8 Å². The van der Waals surface area contributed by atoms with Gasteiger partial charge in [0.2, 0.25) is 0 Å². The first-order valence-electron chi connectivity index (χ1n) is 10.7. The zero-order valence-corrected chi connectivity index (χ0v) is 19.2. The van der Waals surface area contributed by atoms with Crippen molar-refractivity contribution in [3.63, 3.8) is 0 Å². The van der Waals surface area contributed by atoms with Crippen molar-refractivity contribution in [1.82, 2.24) is 10.6 Å². The van der Waals surface area contributed by atoms with E-state index in [1.165, 1.54) is 12.8 Å². The van der Waals surface area contributed by atoms with Gasteiger partial charge in [-0.2, -0.15) is 0 Å². The maximum absolute atomic E-state index is 5.83. The minimum absolute atomic E-state index is 0. The predicted octanol–water partition coefficient (Wildman–Crippen LogP) is 3.33. The highest BCUT2D eigenvalue weighted by Gasteiger charge is 2.52. The standard InChI is InChI=1S/C22H33N3O2.HI/c1-2-23-22(24-11-5-12-27-17-10-13-26-15-17)25-14-20-19-9-8-16-6-3-4-7-18(16)21(19)20;/h3-4,6-7,17,19-21H,2,5,8-15H2,1H3,(H2,23,24,25);1H. The lowest BCUT2D eigenvalue weighted by molar-refractivity contribution is 0.0420. The summed E-state index contributed by atoms with van der Waals surface area (Å²) in [6.07, 6.45) is 4.89. The molecule has 28 heavy (non-hydrogen) atoms. The summed E-state index contributed by atoms with van der Waals surface area (Å²) < 4.78 is 11.2. The molecule has 156 valence electrons. The van der Waals surface area contributed by atoms with Crippen LogP contribution in [0.2, 0.25) is 0 Å². The number of benzene rings is 1. The van der Waals surface area contributed by atoms with Crippen LogP contribution < -0.4 is 10.6 Å². The first-order chi connectivity index (χ1) is 13.4. The minimum atomic E-state index is 0. The predicted molar refractivity (Wildman–Crippen MR) is 124 cm³/mol. The monoisotopic (exact) mass is 499 g/mol. The number of nitrogens with zero attached hydrogens (tertiary/aromatic N) is 1. The van der Waals surface area contributed by atoms with E-state index in [1.54, 1.807) is 11.1 Å². The highest BCUT2D eigenvalue weighted by molar-refractivity contribution is 14.0. The van der Waals surface area contributed by atoms with Gasteiger partial charge in [-0.1, -0.05) is 24.3 Å². The van der Waals surface area contributed by atoms with E-state index in [0.29, 0.717) is 6.10 Å². The average molecular weight is 499 g/mol. The van der Waals surface area contributed by atoms with Gasteiger partial charge in [-0.05, 0) is 61.5 Å². The fourth-order valence-electron chi connectivity index (χ4n) is 4.67. The second-order valence-electron chi connectivity index (χ2n) is 7.95. The van der Waals surface area contributed by atoms with E-state index in [0.717, 1.165) is 76.0 Å². The molecule has 0 radical (unpaired) electrons. The Balaban J connectivity index is 0.00000225. The smallest absolute Gasteiger partial charge is 0.191 e. The van der Waals surface area contributed by atoms with Crippen LogP contribution in [-0.2, 0) is 15.9 Å². The van der Waals surface area contributed by atoms with E-state index >= 15 is 0 Å². The molecule has 4 atom stereocenters. The number of ether oxygens (including phenoxy) is 2. The molecule has 2 aliphatic carbocycles. The third-order valence-electron chi connectivity index (χ3n) is 6.15. The van der Waals surface area contributed by atoms with Crippen molar-refractivity contribution in [2.75, 3.05) is 39.5 Å². The molecule has 4 unspecified atom stereocenters. The van der Waals surface area contributed by atoms with E-state index in [2.05, 4.69) is 41.8 Å². The lowest BCUT2D eigenvalue weighted by Gasteiger charge is -2.13. The highest BCUT2D eigenvalue weighted by atomic mass is 127. The van der Waals surface area contributed by atoms with E-state index in [1.807, 2.05) is 0 Å². The van der Waals surface area contributed by atoms with E-state index in [-0.39, 0.29) is 24.0 Å². The van der Waals surface area contributed by atoms with Gasteiger partial charge in [0.15, 0.2) is 5.96 Å². The molecular weight excluding hydrogens is 465 g/mol. The molecule has 1 saturated carbocycles. The summed E-state index contributed by atoms with van der Waals surface area (Å²) in [5.41, 5.74) is 3.14. The van der Waals surface area contributed by atoms with Crippen molar-refractivity contribution in [3.8, 4) is 0 Å². The van der Waals surface area contributed by atoms with Gasteiger partial charge in [-0.3, -0.25) is 4.99 Å². The molecule has 1 heterocycles. The number of aryl methyl sites for hydroxylation is 1. The van der Waals surface area contributed by atoms with Crippen LogP contribution in [0, 0.1) is 11.8 Å². The molecule has 0 amide bonds. The summed E-state index contributed by atoms with van der Waals surface area (Å²) in [7, 11) is 0. The normalized spacial score (nSPS) is 28.1. The van der Waals surface area contributed by atoms with Crippen LogP contribution in [0.15, 0.2) is 29.3 Å². The first kappa shape index (κ1) is 21.8. The zero-order chi connectivity index (χ0) is 18.5. The molecule has 6 heteroatoms. The lowest BCUT2D eigenvalue weighted by atomic mass is 9.92. The van der Waals surface area contributed by atoms with Gasteiger partial charge in [-0.25, -0.2) is 0 Å². The van der Waals surface area contributed by atoms with Gasteiger partial charge >= 0.3 is 0 Å². The Morgan fingerprint density at radius 3 is 2.96 bits per heavy atom. The lowest BCUT2D eigenvalue weighted by Crippen LogP contribution is -2.38. The molecule has 0 aromatic heterocycles. The summed E-state index contributed by atoms with van der Waals surface area (Å²) >= 11 is 0. The summed E-state index contributed by atoms with van der Waals surface area (Å²) in [6, 6.07) is 8.99. The molecule has 0 spiro atoms. The fraction of sp³-hybridized carbons (Fsp3) is 0.682. The topological polar surface area (TPSA) is 54.9 Å². The Labute approximate surface area is 186 Å². The van der Waals surface area contributed by atoms with Crippen molar-refractivity contribution in [3.05, 3.63) is 35.4 Å². The molecule has 1 saturated heterocycles. The molecule has 2 fully saturated rings. The maximum Gasteiger partial charge on any atom is 0.191 e. The molecular formula is C22H34IN3O2. The Bertz CT molecular complexity index is 648. The second kappa shape index (κ2) is 10.8. The number of fused-ring (bicyclic) bond motifs is 3. The van der Waals surface area contributed by atoms with Crippen molar-refractivity contribution in [2.45, 2.75) is 44.6 Å². The van der Waals surface area contributed by atoms with Gasteiger partial charge in [0.05, 0.1) is 12.7 Å².